The predicted octanol–water partition coefficient (Wildman–Crippen LogP) is 2.99. The number of hydrogen-bond acceptors (Lipinski definition) is 5. The van der Waals surface area contributed by atoms with Crippen molar-refractivity contribution in [3.63, 3.8) is 0 Å². The van der Waals surface area contributed by atoms with E-state index in [9.17, 15) is 4.79 Å². The predicted molar refractivity (Wildman–Crippen MR) is 98.2 cm³/mol. The van der Waals surface area contributed by atoms with Gasteiger partial charge in [-0.05, 0) is 37.0 Å². The zero-order chi connectivity index (χ0) is 17.1. The molecule has 1 aliphatic rings. The molecular weight excluding hydrogens is 390 g/mol. The molecule has 24 heavy (non-hydrogen) atoms. The van der Waals surface area contributed by atoms with Gasteiger partial charge >= 0.3 is 0 Å². The van der Waals surface area contributed by atoms with Gasteiger partial charge in [-0.15, -0.1) is 10.2 Å². The summed E-state index contributed by atoms with van der Waals surface area (Å²) in [6.45, 7) is 2.05. The van der Waals surface area contributed by atoms with Gasteiger partial charge in [0.25, 0.3) is 0 Å². The number of nitrogens with zero attached hydrogens (tertiary/aromatic N) is 3. The van der Waals surface area contributed by atoms with Crippen molar-refractivity contribution in [3.8, 4) is 0 Å². The van der Waals surface area contributed by atoms with E-state index in [-0.39, 0.29) is 17.7 Å². The molecule has 6 nitrogen and oxygen atoms in total. The third kappa shape index (κ3) is 4.10. The quantitative estimate of drug-likeness (QED) is 0.542. The van der Waals surface area contributed by atoms with Gasteiger partial charge in [-0.1, -0.05) is 46.7 Å². The van der Waals surface area contributed by atoms with Crippen molar-refractivity contribution in [2.45, 2.75) is 43.3 Å². The van der Waals surface area contributed by atoms with E-state index >= 15 is 0 Å². The molecule has 8 heteroatoms. The van der Waals surface area contributed by atoms with Crippen LogP contribution in [-0.4, -0.2) is 26.5 Å². The first-order chi connectivity index (χ1) is 11.6. The Balaban J connectivity index is 1.55. The first kappa shape index (κ1) is 17.3. The number of benzene rings is 1. The molecule has 1 aromatic heterocycles. The number of halogens is 1. The van der Waals surface area contributed by atoms with Crippen LogP contribution in [0.25, 0.3) is 0 Å². The molecule has 3 N–H and O–H groups in total. The van der Waals surface area contributed by atoms with E-state index in [1.165, 1.54) is 16.4 Å². The minimum absolute atomic E-state index is 0.00368. The molecule has 0 bridgehead atoms. The highest BCUT2D eigenvalue weighted by molar-refractivity contribution is 9.10. The van der Waals surface area contributed by atoms with Gasteiger partial charge in [0.1, 0.15) is 0 Å². The first-order valence-corrected chi connectivity index (χ1v) is 9.74. The Labute approximate surface area is 153 Å². The molecule has 3 rings (SSSR count). The van der Waals surface area contributed by atoms with Gasteiger partial charge in [0.15, 0.2) is 5.82 Å². The molecule has 0 aliphatic heterocycles. The smallest absolute Gasteiger partial charge is 0.230 e. The molecule has 1 amide bonds. The Morgan fingerprint density at radius 3 is 2.75 bits per heavy atom. The molecule has 0 radical (unpaired) electrons. The Morgan fingerprint density at radius 1 is 1.42 bits per heavy atom. The zero-order valence-electron chi connectivity index (χ0n) is 13.4. The molecule has 1 aromatic carbocycles. The van der Waals surface area contributed by atoms with Gasteiger partial charge in [0.05, 0.1) is 11.8 Å². The standard InChI is InChI=1S/C16H20BrN5OS/c1-2-13(10-5-7-12(17)8-6-10)19-14(23)9-24-16-21-20-15(22(16)18)11-3-4-11/h5-8,11,13H,2-4,9,18H2,1H3,(H,19,23)/t13-/m1/s1. The Hall–Kier alpha value is -1.54. The SMILES string of the molecule is CC[C@@H](NC(=O)CSc1nnc(C2CC2)n1N)c1ccc(Br)cc1. The van der Waals surface area contributed by atoms with E-state index in [4.69, 9.17) is 5.84 Å². The second kappa shape index (κ2) is 7.57. The van der Waals surface area contributed by atoms with E-state index in [0.29, 0.717) is 11.1 Å². The molecule has 1 aliphatic carbocycles. The number of nitrogens with one attached hydrogen (secondary N) is 1. The summed E-state index contributed by atoms with van der Waals surface area (Å²) in [5.74, 6) is 7.49. The van der Waals surface area contributed by atoms with Crippen LogP contribution in [0.4, 0.5) is 0 Å². The summed E-state index contributed by atoms with van der Waals surface area (Å²) in [4.78, 5) is 12.3. The number of amides is 1. The number of rotatable bonds is 7. The van der Waals surface area contributed by atoms with Crippen LogP contribution in [0.1, 0.15) is 49.5 Å². The summed E-state index contributed by atoms with van der Waals surface area (Å²) in [7, 11) is 0. The highest BCUT2D eigenvalue weighted by Gasteiger charge is 2.30. The van der Waals surface area contributed by atoms with Crippen molar-refractivity contribution in [3.05, 3.63) is 40.1 Å². The first-order valence-electron chi connectivity index (χ1n) is 7.96. The van der Waals surface area contributed by atoms with Crippen LogP contribution in [0, 0.1) is 0 Å². The van der Waals surface area contributed by atoms with Gasteiger partial charge in [0.2, 0.25) is 11.1 Å². The maximum absolute atomic E-state index is 12.3. The molecule has 0 unspecified atom stereocenters. The molecule has 1 atom stereocenters. The fourth-order valence-electron chi connectivity index (χ4n) is 2.49. The van der Waals surface area contributed by atoms with Crippen molar-refractivity contribution >= 4 is 33.6 Å². The second-order valence-electron chi connectivity index (χ2n) is 5.85. The Kier molecular flexibility index (Phi) is 5.45. The van der Waals surface area contributed by atoms with Crippen LogP contribution in [0.15, 0.2) is 33.9 Å². The largest absolute Gasteiger partial charge is 0.349 e. The highest BCUT2D eigenvalue weighted by Crippen LogP contribution is 2.39. The maximum Gasteiger partial charge on any atom is 0.230 e. The van der Waals surface area contributed by atoms with Crippen LogP contribution in [0.2, 0.25) is 0 Å². The van der Waals surface area contributed by atoms with Gasteiger partial charge in [-0.3, -0.25) is 4.79 Å². The van der Waals surface area contributed by atoms with Crippen LogP contribution in [-0.2, 0) is 4.79 Å². The maximum atomic E-state index is 12.3. The topological polar surface area (TPSA) is 85.8 Å². The third-order valence-corrected chi connectivity index (χ3v) is 5.45. The van der Waals surface area contributed by atoms with Crippen molar-refractivity contribution < 1.29 is 4.79 Å². The summed E-state index contributed by atoms with van der Waals surface area (Å²) in [5.41, 5.74) is 1.09. The summed E-state index contributed by atoms with van der Waals surface area (Å²) in [6.07, 6.45) is 3.06. The van der Waals surface area contributed by atoms with Crippen molar-refractivity contribution in [2.24, 2.45) is 0 Å². The number of thioether (sulfide) groups is 1. The Bertz CT molecular complexity index is 714. The van der Waals surface area contributed by atoms with Gasteiger partial charge in [-0.2, -0.15) is 0 Å². The highest BCUT2D eigenvalue weighted by atomic mass is 79.9. The average Bonchev–Trinajstić information content (AvgIpc) is 3.35. The summed E-state index contributed by atoms with van der Waals surface area (Å²) in [5, 5.41) is 11.8. The van der Waals surface area contributed by atoms with Crippen LogP contribution in [0.5, 0.6) is 0 Å². The molecule has 2 aromatic rings. The molecule has 0 saturated heterocycles. The summed E-state index contributed by atoms with van der Waals surface area (Å²) >= 11 is 4.74. The lowest BCUT2D eigenvalue weighted by molar-refractivity contribution is -0.119. The number of aromatic nitrogens is 3. The fourth-order valence-corrected chi connectivity index (χ4v) is 3.43. The third-order valence-electron chi connectivity index (χ3n) is 3.98. The van der Waals surface area contributed by atoms with E-state index in [2.05, 4.69) is 38.4 Å². The van der Waals surface area contributed by atoms with Crippen LogP contribution >= 0.6 is 27.7 Å². The van der Waals surface area contributed by atoms with E-state index in [0.717, 1.165) is 35.1 Å². The number of nitrogen functional groups attached to an aromatic ring is 1. The van der Waals surface area contributed by atoms with Gasteiger partial charge in [0, 0.05) is 10.4 Å². The van der Waals surface area contributed by atoms with Crippen LogP contribution < -0.4 is 11.2 Å². The molecule has 1 saturated carbocycles. The van der Waals surface area contributed by atoms with Crippen molar-refractivity contribution in [1.29, 1.82) is 0 Å². The van der Waals surface area contributed by atoms with Gasteiger partial charge < -0.3 is 11.2 Å². The lowest BCUT2D eigenvalue weighted by atomic mass is 10.0. The molecule has 128 valence electrons. The minimum atomic E-state index is -0.0364. The Morgan fingerprint density at radius 2 is 2.12 bits per heavy atom. The summed E-state index contributed by atoms with van der Waals surface area (Å²) < 4.78 is 2.54. The van der Waals surface area contributed by atoms with Crippen molar-refractivity contribution in [1.82, 2.24) is 20.2 Å². The molecular formula is C16H20BrN5OS. The van der Waals surface area contributed by atoms with E-state index in [1.807, 2.05) is 24.3 Å². The van der Waals surface area contributed by atoms with E-state index < -0.39 is 0 Å². The van der Waals surface area contributed by atoms with Gasteiger partial charge in [-0.25, -0.2) is 4.68 Å². The second-order valence-corrected chi connectivity index (χ2v) is 7.71. The normalized spacial score (nSPS) is 15.2. The number of hydrogen-bond donors (Lipinski definition) is 2. The number of carbonyl (C=O) groups is 1. The lowest BCUT2D eigenvalue weighted by Gasteiger charge is -2.17. The fraction of sp³-hybridized carbons (Fsp3) is 0.438. The minimum Gasteiger partial charge on any atom is -0.349 e. The monoisotopic (exact) mass is 409 g/mol. The van der Waals surface area contributed by atoms with Crippen LogP contribution in [0.3, 0.4) is 0 Å². The molecule has 1 heterocycles. The average molecular weight is 410 g/mol. The molecule has 1 fully saturated rings. The van der Waals surface area contributed by atoms with E-state index in [1.54, 1.807) is 0 Å². The lowest BCUT2D eigenvalue weighted by Crippen LogP contribution is -2.29. The molecule has 0 spiro atoms. The van der Waals surface area contributed by atoms with Crippen molar-refractivity contribution in [2.75, 3.05) is 11.6 Å². The zero-order valence-corrected chi connectivity index (χ0v) is 15.8. The number of nitrogens with two attached hydrogens (primary N) is 1. The number of carbonyl (C=O) groups excluding carboxylic acids is 1. The summed E-state index contributed by atoms with van der Waals surface area (Å²) in [6, 6.07) is 8.00.